The second-order valence-electron chi connectivity index (χ2n) is 10.6. The number of pyridine rings is 3. The molecule has 0 unspecified atom stereocenters. The molecule has 5 nitrogen and oxygen atoms in total. The molecule has 0 bridgehead atoms. The number of furan rings is 1. The standard InChI is InChI=1S/C24H16N3O.C13H12N.Ir/c1-14-12-19(25-13-15(14)2)16-6-5-7-17-22-21(28-23(16)17)10-11-27-20-9-4-3-8-18(20)26-24(22)27;1-10-8-13(14-9-11(10)2)12-6-4-3-5-7-12;/h3-5,7-13H,1-2H3;3-6,8-9H,1-2H3;/q2*-1;. The van der Waals surface area contributed by atoms with Crippen LogP contribution in [-0.2, 0) is 20.1 Å². The van der Waals surface area contributed by atoms with E-state index in [0.717, 1.165) is 61.1 Å². The van der Waals surface area contributed by atoms with E-state index >= 15 is 0 Å². The third kappa shape index (κ3) is 5.14. The van der Waals surface area contributed by atoms with E-state index in [0.29, 0.717) is 0 Å². The molecule has 0 aliphatic heterocycles. The van der Waals surface area contributed by atoms with Gasteiger partial charge in [-0.1, -0.05) is 46.3 Å². The molecule has 0 atom stereocenters. The van der Waals surface area contributed by atoms with Crippen molar-refractivity contribution in [2.24, 2.45) is 0 Å². The summed E-state index contributed by atoms with van der Waals surface area (Å²) < 4.78 is 8.41. The van der Waals surface area contributed by atoms with Crippen molar-refractivity contribution in [3.05, 3.63) is 132 Å². The van der Waals surface area contributed by atoms with Crippen molar-refractivity contribution in [3.63, 3.8) is 0 Å². The number of nitrogens with zero attached hydrogens (tertiary/aromatic N) is 4. The van der Waals surface area contributed by atoms with E-state index in [4.69, 9.17) is 9.40 Å². The average molecular weight is 737 g/mol. The Morgan fingerprint density at radius 3 is 2.19 bits per heavy atom. The van der Waals surface area contributed by atoms with Gasteiger partial charge in [-0.3, -0.25) is 4.40 Å². The van der Waals surface area contributed by atoms with Crippen LogP contribution in [0.2, 0.25) is 0 Å². The first-order chi connectivity index (χ1) is 20.5. The zero-order valence-electron chi connectivity index (χ0n) is 24.3. The van der Waals surface area contributed by atoms with E-state index in [9.17, 15) is 0 Å². The number of aryl methyl sites for hydroxylation is 4. The van der Waals surface area contributed by atoms with E-state index in [1.165, 1.54) is 22.3 Å². The number of hydrogen-bond acceptors (Lipinski definition) is 4. The van der Waals surface area contributed by atoms with Gasteiger partial charge in [0.25, 0.3) is 0 Å². The Kier molecular flexibility index (Phi) is 7.66. The minimum Gasteiger partial charge on any atom is -0.500 e. The van der Waals surface area contributed by atoms with Crippen molar-refractivity contribution < 1.29 is 24.5 Å². The molecule has 1 radical (unpaired) electrons. The average Bonchev–Trinajstić information content (AvgIpc) is 3.59. The fourth-order valence-electron chi connectivity index (χ4n) is 5.22. The van der Waals surface area contributed by atoms with Crippen molar-refractivity contribution in [3.8, 4) is 22.5 Å². The van der Waals surface area contributed by atoms with Gasteiger partial charge in [0, 0.05) is 38.7 Å². The minimum atomic E-state index is 0. The van der Waals surface area contributed by atoms with Crippen molar-refractivity contribution in [1.29, 1.82) is 0 Å². The first kappa shape index (κ1) is 28.5. The molecule has 43 heavy (non-hydrogen) atoms. The van der Waals surface area contributed by atoms with E-state index in [2.05, 4.69) is 72.4 Å². The van der Waals surface area contributed by atoms with Crippen LogP contribution in [0.3, 0.4) is 0 Å². The van der Waals surface area contributed by atoms with Crippen LogP contribution in [0.15, 0.2) is 102 Å². The van der Waals surface area contributed by atoms with Gasteiger partial charge in [-0.2, -0.15) is 0 Å². The molecule has 0 fully saturated rings. The van der Waals surface area contributed by atoms with Crippen LogP contribution >= 0.6 is 0 Å². The van der Waals surface area contributed by atoms with Crippen molar-refractivity contribution in [1.82, 2.24) is 19.4 Å². The molecule has 0 aliphatic rings. The van der Waals surface area contributed by atoms with Crippen LogP contribution in [0.4, 0.5) is 0 Å². The fourth-order valence-corrected chi connectivity index (χ4v) is 5.22. The molecule has 5 aromatic heterocycles. The number of rotatable bonds is 2. The second kappa shape index (κ2) is 11.6. The van der Waals surface area contributed by atoms with E-state index in [-0.39, 0.29) is 20.1 Å². The van der Waals surface area contributed by atoms with Gasteiger partial charge in [-0.25, -0.2) is 4.98 Å². The molecule has 3 aromatic carbocycles. The van der Waals surface area contributed by atoms with Gasteiger partial charge >= 0.3 is 0 Å². The largest absolute Gasteiger partial charge is 0.500 e. The summed E-state index contributed by atoms with van der Waals surface area (Å²) in [4.78, 5) is 13.9. The molecule has 8 aromatic rings. The number of aromatic nitrogens is 4. The summed E-state index contributed by atoms with van der Waals surface area (Å²) >= 11 is 0. The Hall–Kier alpha value is -4.64. The number of fused-ring (bicyclic) bond motifs is 7. The predicted molar refractivity (Wildman–Crippen MR) is 169 cm³/mol. The maximum absolute atomic E-state index is 6.29. The predicted octanol–water partition coefficient (Wildman–Crippen LogP) is 9.03. The van der Waals surface area contributed by atoms with Gasteiger partial charge in [0.05, 0.1) is 22.0 Å². The van der Waals surface area contributed by atoms with E-state index < -0.39 is 0 Å². The molecule has 213 valence electrons. The molecule has 0 spiro atoms. The summed E-state index contributed by atoms with van der Waals surface area (Å²) in [6.07, 6.45) is 5.83. The summed E-state index contributed by atoms with van der Waals surface area (Å²) in [7, 11) is 0. The molecule has 0 saturated carbocycles. The fraction of sp³-hybridized carbons (Fsp3) is 0.108. The smallest absolute Gasteiger partial charge is 0.148 e. The van der Waals surface area contributed by atoms with Crippen LogP contribution < -0.4 is 0 Å². The quantitative estimate of drug-likeness (QED) is 0.166. The first-order valence-corrected chi connectivity index (χ1v) is 13.9. The van der Waals surface area contributed by atoms with E-state index in [1.807, 2.05) is 79.3 Å². The Morgan fingerprint density at radius 2 is 1.44 bits per heavy atom. The van der Waals surface area contributed by atoms with Gasteiger partial charge in [-0.15, -0.1) is 54.1 Å². The zero-order valence-corrected chi connectivity index (χ0v) is 26.7. The van der Waals surface area contributed by atoms with E-state index in [1.54, 1.807) is 0 Å². The topological polar surface area (TPSA) is 56.2 Å². The molecule has 8 rings (SSSR count). The Morgan fingerprint density at radius 1 is 0.721 bits per heavy atom. The minimum absolute atomic E-state index is 0. The van der Waals surface area contributed by atoms with Gasteiger partial charge in [-0.05, 0) is 68.4 Å². The number of imidazole rings is 1. The molecule has 0 aliphatic carbocycles. The zero-order chi connectivity index (χ0) is 28.8. The summed E-state index contributed by atoms with van der Waals surface area (Å²) in [5, 5.41) is 2.05. The van der Waals surface area contributed by atoms with Crippen LogP contribution in [0.25, 0.3) is 61.1 Å². The molecular weight excluding hydrogens is 709 g/mol. The Balaban J connectivity index is 0.000000186. The first-order valence-electron chi connectivity index (χ1n) is 13.9. The van der Waals surface area contributed by atoms with Gasteiger partial charge in [0.2, 0.25) is 0 Å². The van der Waals surface area contributed by atoms with Gasteiger partial charge < -0.3 is 14.4 Å². The number of hydrogen-bond donors (Lipinski definition) is 0. The molecule has 6 heteroatoms. The van der Waals surface area contributed by atoms with Crippen LogP contribution in [-0.4, -0.2) is 19.4 Å². The number of benzene rings is 3. The van der Waals surface area contributed by atoms with Gasteiger partial charge in [0.1, 0.15) is 11.2 Å². The van der Waals surface area contributed by atoms with Crippen LogP contribution in [0, 0.1) is 39.8 Å². The maximum atomic E-state index is 6.29. The molecule has 0 N–H and O–H groups in total. The van der Waals surface area contributed by atoms with Crippen LogP contribution in [0.5, 0.6) is 0 Å². The Bertz CT molecular complexity index is 2250. The van der Waals surface area contributed by atoms with Crippen molar-refractivity contribution >= 4 is 38.6 Å². The third-order valence-corrected chi connectivity index (χ3v) is 7.86. The number of para-hydroxylation sites is 2. The molecule has 5 heterocycles. The maximum Gasteiger partial charge on any atom is 0.148 e. The summed E-state index contributed by atoms with van der Waals surface area (Å²) in [5.41, 5.74) is 13.3. The van der Waals surface area contributed by atoms with Crippen LogP contribution in [0.1, 0.15) is 22.3 Å². The summed E-state index contributed by atoms with van der Waals surface area (Å²) in [6, 6.07) is 32.7. The molecular formula is C37H28IrN4O-2. The molecule has 0 amide bonds. The SMILES string of the molecule is Cc1cnc(-c2[c-]ccc3c2oc2ccn4c5ccccc5nc4c23)cc1C.Cc1cnc(-c2[c-]cccc2)cc1C.[Ir]. The summed E-state index contributed by atoms with van der Waals surface area (Å²) in [6.45, 7) is 8.33. The van der Waals surface area contributed by atoms with Gasteiger partial charge in [0.15, 0.2) is 0 Å². The Labute approximate surface area is 263 Å². The summed E-state index contributed by atoms with van der Waals surface area (Å²) in [5.74, 6) is 0. The van der Waals surface area contributed by atoms with Crippen molar-refractivity contribution in [2.75, 3.05) is 0 Å². The van der Waals surface area contributed by atoms with Crippen molar-refractivity contribution in [2.45, 2.75) is 27.7 Å². The molecule has 0 saturated heterocycles. The second-order valence-corrected chi connectivity index (χ2v) is 10.6. The third-order valence-electron chi connectivity index (χ3n) is 7.86. The monoisotopic (exact) mass is 737 g/mol. The normalized spacial score (nSPS) is 11.1.